The van der Waals surface area contributed by atoms with Crippen molar-refractivity contribution >= 4 is 28.6 Å². The van der Waals surface area contributed by atoms with Crippen LogP contribution in [-0.4, -0.2) is 35.1 Å². The van der Waals surface area contributed by atoms with Gasteiger partial charge in [-0.2, -0.15) is 0 Å². The van der Waals surface area contributed by atoms with Gasteiger partial charge in [0.05, 0.1) is 19.2 Å². The molecule has 0 unspecified atom stereocenters. The lowest BCUT2D eigenvalue weighted by atomic mass is 9.92. The quantitative estimate of drug-likeness (QED) is 0.580. The molecule has 2 amide bonds. The monoisotopic (exact) mass is 449 g/mol. The number of methoxy groups -OCH3 is 1. The molecule has 2 aliphatic rings. The van der Waals surface area contributed by atoms with Crippen molar-refractivity contribution in [2.45, 2.75) is 70.5 Å². The van der Waals surface area contributed by atoms with E-state index in [4.69, 9.17) is 9.15 Å². The number of furan rings is 1. The predicted octanol–water partition coefficient (Wildman–Crippen LogP) is 4.81. The third-order valence-electron chi connectivity index (χ3n) is 7.09. The van der Waals surface area contributed by atoms with Crippen LogP contribution in [-0.2, 0) is 11.3 Å². The molecular formula is C26H31N3O4. The molecule has 2 aromatic heterocycles. The summed E-state index contributed by atoms with van der Waals surface area (Å²) in [5.74, 6) is 1.06. The van der Waals surface area contributed by atoms with Gasteiger partial charge in [-0.15, -0.1) is 0 Å². The predicted molar refractivity (Wildman–Crippen MR) is 127 cm³/mol. The highest BCUT2D eigenvalue weighted by Gasteiger charge is 2.49. The number of hydrogen-bond acceptors (Lipinski definition) is 4. The van der Waals surface area contributed by atoms with Gasteiger partial charge in [0.15, 0.2) is 5.58 Å². The summed E-state index contributed by atoms with van der Waals surface area (Å²) in [7, 11) is 1.59. The highest BCUT2D eigenvalue weighted by molar-refractivity contribution is 6.13. The van der Waals surface area contributed by atoms with E-state index in [9.17, 15) is 9.59 Å². The van der Waals surface area contributed by atoms with Gasteiger partial charge in [0.25, 0.3) is 5.91 Å². The summed E-state index contributed by atoms with van der Waals surface area (Å²) in [6.07, 6.45) is 6.63. The summed E-state index contributed by atoms with van der Waals surface area (Å²) in [5, 5.41) is 3.29. The van der Waals surface area contributed by atoms with Crippen LogP contribution in [0.1, 0.15) is 61.7 Å². The molecule has 1 saturated carbocycles. The van der Waals surface area contributed by atoms with Crippen LogP contribution in [0.25, 0.3) is 11.1 Å². The molecule has 1 aromatic carbocycles. The van der Waals surface area contributed by atoms with Crippen LogP contribution >= 0.6 is 0 Å². The maximum atomic E-state index is 13.9. The number of nitrogens with one attached hydrogen (secondary N) is 1. The van der Waals surface area contributed by atoms with Crippen LogP contribution < -0.4 is 15.0 Å². The normalized spacial score (nSPS) is 21.7. The summed E-state index contributed by atoms with van der Waals surface area (Å²) < 4.78 is 13.1. The molecule has 174 valence electrons. The Balaban J connectivity index is 1.59. The van der Waals surface area contributed by atoms with Crippen molar-refractivity contribution in [3.63, 3.8) is 0 Å². The second kappa shape index (κ2) is 8.28. The highest BCUT2D eigenvalue weighted by Crippen LogP contribution is 2.38. The van der Waals surface area contributed by atoms with Crippen molar-refractivity contribution in [2.75, 3.05) is 12.0 Å². The van der Waals surface area contributed by atoms with Crippen molar-refractivity contribution in [1.29, 1.82) is 0 Å². The Bertz CT molecular complexity index is 1200. The van der Waals surface area contributed by atoms with E-state index in [0.29, 0.717) is 29.3 Å². The number of amides is 2. The molecule has 0 saturated heterocycles. The average Bonchev–Trinajstić information content (AvgIpc) is 3.19. The molecule has 5 rings (SSSR count). The number of carbonyl (C=O) groups is 2. The Labute approximate surface area is 193 Å². The molecule has 1 N–H and O–H groups in total. The lowest BCUT2D eigenvalue weighted by Crippen LogP contribution is -2.65. The number of ether oxygens (including phenoxy) is 1. The minimum absolute atomic E-state index is 0.127. The first-order valence-corrected chi connectivity index (χ1v) is 11.8. The molecule has 3 aromatic rings. The lowest BCUT2D eigenvalue weighted by molar-refractivity contribution is -0.127. The van der Waals surface area contributed by atoms with Gasteiger partial charge in [-0.3, -0.25) is 14.5 Å². The molecule has 3 heterocycles. The van der Waals surface area contributed by atoms with Gasteiger partial charge in [-0.05, 0) is 38.8 Å². The highest BCUT2D eigenvalue weighted by atomic mass is 16.5. The van der Waals surface area contributed by atoms with E-state index in [1.807, 2.05) is 48.7 Å². The third-order valence-corrected chi connectivity index (χ3v) is 7.09. The van der Waals surface area contributed by atoms with Crippen LogP contribution in [0.5, 0.6) is 5.75 Å². The van der Waals surface area contributed by atoms with Crippen molar-refractivity contribution < 1.29 is 18.7 Å². The molecule has 0 spiro atoms. The smallest absolute Gasteiger partial charge is 0.276 e. The molecule has 33 heavy (non-hydrogen) atoms. The Morgan fingerprint density at radius 3 is 2.64 bits per heavy atom. The number of benzene rings is 1. The molecule has 7 heteroatoms. The molecule has 7 nitrogen and oxygen atoms in total. The van der Waals surface area contributed by atoms with Crippen molar-refractivity contribution in [2.24, 2.45) is 0 Å². The molecular weight excluding hydrogens is 418 g/mol. The number of aryl methyl sites for hydroxylation is 1. The van der Waals surface area contributed by atoms with Gasteiger partial charge in [0.1, 0.15) is 22.7 Å². The molecule has 1 atom stereocenters. The molecule has 1 fully saturated rings. The summed E-state index contributed by atoms with van der Waals surface area (Å²) in [5.41, 5.74) is 1.55. The molecule has 1 aliphatic carbocycles. The number of anilines is 1. The minimum atomic E-state index is -1.11. The summed E-state index contributed by atoms with van der Waals surface area (Å²) in [6.45, 7) is 4.09. The minimum Gasteiger partial charge on any atom is -0.497 e. The van der Waals surface area contributed by atoms with E-state index in [-0.39, 0.29) is 17.9 Å². The molecule has 0 radical (unpaired) electrons. The molecule has 0 bridgehead atoms. The van der Waals surface area contributed by atoms with Gasteiger partial charge >= 0.3 is 0 Å². The van der Waals surface area contributed by atoms with E-state index >= 15 is 0 Å². The number of fused-ring (bicyclic) bond motifs is 3. The molecule has 1 aliphatic heterocycles. The Morgan fingerprint density at radius 2 is 1.91 bits per heavy atom. The summed E-state index contributed by atoms with van der Waals surface area (Å²) in [6, 6.07) is 11.2. The topological polar surface area (TPSA) is 76.7 Å². The Hall–Kier alpha value is -3.22. The number of aromatic nitrogens is 1. The largest absolute Gasteiger partial charge is 0.497 e. The number of nitrogens with zero attached hydrogens (tertiary/aromatic N) is 2. The van der Waals surface area contributed by atoms with Crippen LogP contribution in [0.2, 0.25) is 0 Å². The van der Waals surface area contributed by atoms with Crippen LogP contribution in [0.15, 0.2) is 40.8 Å². The van der Waals surface area contributed by atoms with E-state index in [1.54, 1.807) is 18.1 Å². The van der Waals surface area contributed by atoms with Crippen LogP contribution in [0.3, 0.4) is 0 Å². The fourth-order valence-electron chi connectivity index (χ4n) is 5.32. The zero-order chi connectivity index (χ0) is 23.2. The summed E-state index contributed by atoms with van der Waals surface area (Å²) in [4.78, 5) is 29.4. The van der Waals surface area contributed by atoms with Crippen molar-refractivity contribution in [3.8, 4) is 5.75 Å². The first-order valence-electron chi connectivity index (χ1n) is 11.8. The number of rotatable bonds is 4. The fourth-order valence-corrected chi connectivity index (χ4v) is 5.32. The van der Waals surface area contributed by atoms with E-state index in [0.717, 1.165) is 37.0 Å². The van der Waals surface area contributed by atoms with E-state index < -0.39 is 5.54 Å². The zero-order valence-electron chi connectivity index (χ0n) is 19.5. The number of hydrogen-bond donors (Lipinski definition) is 1. The van der Waals surface area contributed by atoms with Crippen molar-refractivity contribution in [1.82, 2.24) is 9.88 Å². The standard InChI is InChI=1S/C26H31N3O4/c1-17-13-21-23(33-17)15-22-24(30)29(19-11-8-12-20(14-19)32-3)26(2,16-28(21)22)25(31)27-18-9-6-4-5-7-10-18/h8,11-15,18H,4-7,9-10,16H2,1-3H3,(H,27,31)/t26-/m1/s1. The first kappa shape index (κ1) is 21.6. The average molecular weight is 450 g/mol. The zero-order valence-corrected chi connectivity index (χ0v) is 19.5. The van der Waals surface area contributed by atoms with Crippen molar-refractivity contribution in [3.05, 3.63) is 47.9 Å². The van der Waals surface area contributed by atoms with E-state index in [1.165, 1.54) is 12.8 Å². The van der Waals surface area contributed by atoms with Crippen LogP contribution in [0, 0.1) is 6.92 Å². The van der Waals surface area contributed by atoms with Gasteiger partial charge in [-0.1, -0.05) is 31.7 Å². The maximum Gasteiger partial charge on any atom is 0.276 e. The SMILES string of the molecule is COc1cccc(N2C(=O)c3cc4oc(C)cc4n3C[C@]2(C)C(=O)NC2CCCCCC2)c1. The maximum absolute atomic E-state index is 13.9. The van der Waals surface area contributed by atoms with Gasteiger partial charge in [0.2, 0.25) is 5.91 Å². The third kappa shape index (κ3) is 3.69. The summed E-state index contributed by atoms with van der Waals surface area (Å²) >= 11 is 0. The fraction of sp³-hybridized carbons (Fsp3) is 0.462. The second-order valence-electron chi connectivity index (χ2n) is 9.50. The Kier molecular flexibility index (Phi) is 5.43. The van der Waals surface area contributed by atoms with Gasteiger partial charge in [0, 0.05) is 29.9 Å². The number of carbonyl (C=O) groups excluding carboxylic acids is 2. The Morgan fingerprint density at radius 1 is 1.15 bits per heavy atom. The van der Waals surface area contributed by atoms with Crippen LogP contribution in [0.4, 0.5) is 5.69 Å². The van der Waals surface area contributed by atoms with Gasteiger partial charge in [-0.25, -0.2) is 0 Å². The van der Waals surface area contributed by atoms with E-state index in [2.05, 4.69) is 5.32 Å². The first-order chi connectivity index (χ1) is 15.9. The second-order valence-corrected chi connectivity index (χ2v) is 9.50. The lowest BCUT2D eigenvalue weighted by Gasteiger charge is -2.44. The van der Waals surface area contributed by atoms with Gasteiger partial charge < -0.3 is 19.0 Å².